The number of hydrogen-bond acceptors (Lipinski definition) is 3. The van der Waals surface area contributed by atoms with Gasteiger partial charge >= 0.3 is 0 Å². The number of rotatable bonds is 2. The molecule has 0 N–H and O–H groups in total. The molecule has 2 aliphatic heterocycles. The molecule has 1 amide bonds. The second-order valence-corrected chi connectivity index (χ2v) is 8.17. The van der Waals surface area contributed by atoms with E-state index in [2.05, 4.69) is 42.3 Å². The molecule has 0 aromatic heterocycles. The van der Waals surface area contributed by atoms with Crippen molar-refractivity contribution in [3.05, 3.63) is 0 Å². The molecule has 0 spiro atoms. The minimum atomic E-state index is 0.102. The van der Waals surface area contributed by atoms with Crippen molar-refractivity contribution in [2.45, 2.75) is 46.1 Å². The van der Waals surface area contributed by atoms with E-state index >= 15 is 0 Å². The summed E-state index contributed by atoms with van der Waals surface area (Å²) in [5, 5.41) is 0. The molecule has 2 rings (SSSR count). The molecule has 0 radical (unpaired) electrons. The van der Waals surface area contributed by atoms with Crippen LogP contribution in [0.5, 0.6) is 0 Å². The van der Waals surface area contributed by atoms with Gasteiger partial charge in [-0.2, -0.15) is 11.8 Å². The standard InChI is InChI=1S/C15H28N2OS/c1-15(2,3)11-14(18)17-7-4-6-16(8-9-17)13-5-10-19-12-13/h13H,4-12H2,1-3H3. The molecule has 0 aromatic rings. The molecule has 110 valence electrons. The largest absolute Gasteiger partial charge is 0.341 e. The van der Waals surface area contributed by atoms with Gasteiger partial charge in [0.25, 0.3) is 0 Å². The second kappa shape index (κ2) is 6.49. The molecule has 0 aliphatic carbocycles. The van der Waals surface area contributed by atoms with Crippen molar-refractivity contribution in [2.24, 2.45) is 5.41 Å². The van der Waals surface area contributed by atoms with Crippen molar-refractivity contribution in [1.29, 1.82) is 0 Å². The topological polar surface area (TPSA) is 23.6 Å². The van der Waals surface area contributed by atoms with Crippen LogP contribution in [0.15, 0.2) is 0 Å². The Morgan fingerprint density at radius 1 is 1.21 bits per heavy atom. The summed E-state index contributed by atoms with van der Waals surface area (Å²) in [6.45, 7) is 10.5. The summed E-state index contributed by atoms with van der Waals surface area (Å²) < 4.78 is 0. The number of nitrogens with zero attached hydrogens (tertiary/aromatic N) is 2. The van der Waals surface area contributed by atoms with E-state index in [1.54, 1.807) is 0 Å². The summed E-state index contributed by atoms with van der Waals surface area (Å²) in [7, 11) is 0. The predicted molar refractivity (Wildman–Crippen MR) is 82.6 cm³/mol. The molecule has 1 atom stereocenters. The van der Waals surface area contributed by atoms with E-state index in [-0.39, 0.29) is 5.41 Å². The first kappa shape index (κ1) is 15.2. The van der Waals surface area contributed by atoms with Crippen molar-refractivity contribution < 1.29 is 4.79 Å². The van der Waals surface area contributed by atoms with Crippen molar-refractivity contribution in [2.75, 3.05) is 37.7 Å². The van der Waals surface area contributed by atoms with Gasteiger partial charge in [-0.1, -0.05) is 20.8 Å². The van der Waals surface area contributed by atoms with Crippen molar-refractivity contribution in [3.8, 4) is 0 Å². The zero-order valence-corrected chi connectivity index (χ0v) is 13.5. The van der Waals surface area contributed by atoms with Gasteiger partial charge in [0.05, 0.1) is 0 Å². The van der Waals surface area contributed by atoms with E-state index in [1.807, 2.05) is 0 Å². The lowest BCUT2D eigenvalue weighted by Crippen LogP contribution is -2.40. The third-order valence-corrected chi connectivity index (χ3v) is 5.13. The Labute approximate surface area is 122 Å². The molecule has 4 heteroatoms. The average Bonchev–Trinajstić information content (AvgIpc) is 2.71. The summed E-state index contributed by atoms with van der Waals surface area (Å²) in [4.78, 5) is 17.0. The molecule has 3 nitrogen and oxygen atoms in total. The van der Waals surface area contributed by atoms with Crippen LogP contribution in [-0.2, 0) is 4.79 Å². The van der Waals surface area contributed by atoms with Crippen LogP contribution < -0.4 is 0 Å². The van der Waals surface area contributed by atoms with E-state index in [1.165, 1.54) is 24.5 Å². The molecule has 2 aliphatic rings. The first-order valence-electron chi connectivity index (χ1n) is 7.55. The van der Waals surface area contributed by atoms with E-state index in [9.17, 15) is 4.79 Å². The fraction of sp³-hybridized carbons (Fsp3) is 0.933. The highest BCUT2D eigenvalue weighted by Crippen LogP contribution is 2.24. The lowest BCUT2D eigenvalue weighted by atomic mass is 9.91. The van der Waals surface area contributed by atoms with Crippen LogP contribution in [0.2, 0.25) is 0 Å². The van der Waals surface area contributed by atoms with Gasteiger partial charge in [-0.3, -0.25) is 9.69 Å². The highest BCUT2D eigenvalue weighted by Gasteiger charge is 2.27. The van der Waals surface area contributed by atoms with Crippen molar-refractivity contribution in [3.63, 3.8) is 0 Å². The average molecular weight is 284 g/mol. The number of amides is 1. The first-order valence-corrected chi connectivity index (χ1v) is 8.71. The molecule has 1 unspecified atom stereocenters. The van der Waals surface area contributed by atoms with Crippen molar-refractivity contribution in [1.82, 2.24) is 9.80 Å². The fourth-order valence-electron chi connectivity index (χ4n) is 2.93. The number of carbonyl (C=O) groups is 1. The van der Waals surface area contributed by atoms with E-state index in [0.29, 0.717) is 12.3 Å². The van der Waals surface area contributed by atoms with Gasteiger partial charge in [-0.05, 0) is 24.0 Å². The lowest BCUT2D eigenvalue weighted by molar-refractivity contribution is -0.132. The van der Waals surface area contributed by atoms with Crippen LogP contribution in [0.3, 0.4) is 0 Å². The molecule has 0 aromatic carbocycles. The molecular formula is C15H28N2OS. The Balaban J connectivity index is 1.84. The van der Waals surface area contributed by atoms with Crippen LogP contribution in [0, 0.1) is 5.41 Å². The first-order chi connectivity index (χ1) is 8.96. The molecule has 2 fully saturated rings. The minimum Gasteiger partial charge on any atom is -0.341 e. The number of hydrogen-bond donors (Lipinski definition) is 0. The fourth-order valence-corrected chi connectivity index (χ4v) is 4.18. The third-order valence-electron chi connectivity index (χ3n) is 3.99. The Bertz CT molecular complexity index is 308. The Hall–Kier alpha value is -0.220. The molecular weight excluding hydrogens is 256 g/mol. The summed E-state index contributed by atoms with van der Waals surface area (Å²) >= 11 is 2.08. The van der Waals surface area contributed by atoms with Gasteiger partial charge in [0.2, 0.25) is 5.91 Å². The predicted octanol–water partition coefficient (Wildman–Crippen LogP) is 2.46. The quantitative estimate of drug-likeness (QED) is 0.778. The van der Waals surface area contributed by atoms with Gasteiger partial charge in [0.15, 0.2) is 0 Å². The Kier molecular flexibility index (Phi) is 5.18. The van der Waals surface area contributed by atoms with Crippen molar-refractivity contribution >= 4 is 17.7 Å². The maximum absolute atomic E-state index is 12.3. The SMILES string of the molecule is CC(C)(C)CC(=O)N1CCCN(C2CCSC2)CC1. The third kappa shape index (κ3) is 4.67. The van der Waals surface area contributed by atoms with Crippen LogP contribution in [0.1, 0.15) is 40.0 Å². The Morgan fingerprint density at radius 3 is 2.63 bits per heavy atom. The summed E-state index contributed by atoms with van der Waals surface area (Å²) in [6.07, 6.45) is 3.14. The summed E-state index contributed by atoms with van der Waals surface area (Å²) in [5.74, 6) is 2.94. The zero-order valence-electron chi connectivity index (χ0n) is 12.7. The highest BCUT2D eigenvalue weighted by molar-refractivity contribution is 7.99. The smallest absolute Gasteiger partial charge is 0.223 e. The maximum Gasteiger partial charge on any atom is 0.223 e. The summed E-state index contributed by atoms with van der Waals surface area (Å²) in [5.41, 5.74) is 0.102. The molecule has 19 heavy (non-hydrogen) atoms. The van der Waals surface area contributed by atoms with Gasteiger partial charge in [-0.15, -0.1) is 0 Å². The van der Waals surface area contributed by atoms with E-state index in [0.717, 1.165) is 32.1 Å². The molecule has 2 heterocycles. The Morgan fingerprint density at radius 2 is 2.00 bits per heavy atom. The summed E-state index contributed by atoms with van der Waals surface area (Å²) in [6, 6.07) is 0.766. The maximum atomic E-state index is 12.3. The number of thioether (sulfide) groups is 1. The normalized spacial score (nSPS) is 26.5. The minimum absolute atomic E-state index is 0.102. The lowest BCUT2D eigenvalue weighted by Gasteiger charge is -2.27. The van der Waals surface area contributed by atoms with E-state index < -0.39 is 0 Å². The monoisotopic (exact) mass is 284 g/mol. The van der Waals surface area contributed by atoms with Crippen LogP contribution in [-0.4, -0.2) is 59.4 Å². The van der Waals surface area contributed by atoms with E-state index in [4.69, 9.17) is 0 Å². The zero-order chi connectivity index (χ0) is 13.9. The van der Waals surface area contributed by atoms with Gasteiger partial charge in [-0.25, -0.2) is 0 Å². The van der Waals surface area contributed by atoms with Gasteiger partial charge in [0, 0.05) is 44.4 Å². The van der Waals surface area contributed by atoms with Crippen LogP contribution in [0.25, 0.3) is 0 Å². The second-order valence-electron chi connectivity index (χ2n) is 7.03. The highest BCUT2D eigenvalue weighted by atomic mass is 32.2. The molecule has 0 bridgehead atoms. The van der Waals surface area contributed by atoms with Gasteiger partial charge in [0.1, 0.15) is 0 Å². The van der Waals surface area contributed by atoms with Crippen LogP contribution in [0.4, 0.5) is 0 Å². The molecule has 0 saturated carbocycles. The van der Waals surface area contributed by atoms with Gasteiger partial charge < -0.3 is 4.90 Å². The van der Waals surface area contributed by atoms with Crippen LogP contribution >= 0.6 is 11.8 Å². The number of carbonyl (C=O) groups excluding carboxylic acids is 1. The molecule has 2 saturated heterocycles.